The van der Waals surface area contributed by atoms with Crippen molar-refractivity contribution in [1.82, 2.24) is 19.6 Å². The molecule has 1 N–H and O–H groups in total. The van der Waals surface area contributed by atoms with Crippen LogP contribution in [0.2, 0.25) is 0 Å². The molecule has 0 saturated heterocycles. The molecule has 0 aliphatic rings. The number of likely N-dealkylation sites (N-methyl/N-ethyl adjacent to an activating group) is 1. The summed E-state index contributed by atoms with van der Waals surface area (Å²) in [6.45, 7) is 1.84. The number of hydrogen-bond acceptors (Lipinski definition) is 5. The third-order valence-corrected chi connectivity index (χ3v) is 4.91. The predicted molar refractivity (Wildman–Crippen MR) is 84.9 cm³/mol. The summed E-state index contributed by atoms with van der Waals surface area (Å²) < 4.78 is 25.5. The number of pyridine rings is 2. The van der Waals surface area contributed by atoms with Crippen molar-refractivity contribution in [2.75, 3.05) is 13.6 Å². The number of carbonyl (C=O) groups is 1. The van der Waals surface area contributed by atoms with Crippen molar-refractivity contribution in [3.63, 3.8) is 0 Å². The third kappa shape index (κ3) is 4.57. The molecule has 8 heteroatoms. The summed E-state index contributed by atoms with van der Waals surface area (Å²) in [5.74, 6) is -0.400. The molecule has 2 rings (SSSR count). The van der Waals surface area contributed by atoms with E-state index in [1.54, 1.807) is 6.07 Å². The maximum Gasteiger partial charge on any atom is 0.244 e. The van der Waals surface area contributed by atoms with Crippen molar-refractivity contribution in [3.8, 4) is 0 Å². The minimum Gasteiger partial charge on any atom is -0.349 e. The fraction of sp³-hybridized carbons (Fsp3) is 0.267. The van der Waals surface area contributed by atoms with E-state index in [9.17, 15) is 13.2 Å². The van der Waals surface area contributed by atoms with Crippen LogP contribution in [0.1, 0.15) is 11.4 Å². The highest BCUT2D eigenvalue weighted by Crippen LogP contribution is 2.11. The first kappa shape index (κ1) is 17.0. The molecule has 0 radical (unpaired) electrons. The van der Waals surface area contributed by atoms with E-state index in [4.69, 9.17) is 0 Å². The van der Waals surface area contributed by atoms with E-state index in [1.807, 2.05) is 19.1 Å². The number of hydrogen-bond donors (Lipinski definition) is 1. The minimum absolute atomic E-state index is 0.0515. The van der Waals surface area contributed by atoms with Gasteiger partial charge < -0.3 is 5.32 Å². The maximum atomic E-state index is 12.3. The Labute approximate surface area is 135 Å². The minimum atomic E-state index is -3.73. The Morgan fingerprint density at radius 3 is 2.70 bits per heavy atom. The molecular weight excluding hydrogens is 316 g/mol. The normalized spacial score (nSPS) is 11.4. The highest BCUT2D eigenvalue weighted by atomic mass is 32.2. The average molecular weight is 334 g/mol. The second-order valence-electron chi connectivity index (χ2n) is 5.00. The van der Waals surface area contributed by atoms with Crippen molar-refractivity contribution in [1.29, 1.82) is 0 Å². The van der Waals surface area contributed by atoms with Gasteiger partial charge in [-0.05, 0) is 31.2 Å². The third-order valence-electron chi connectivity index (χ3n) is 3.12. The summed E-state index contributed by atoms with van der Waals surface area (Å²) in [5.41, 5.74) is 1.57. The van der Waals surface area contributed by atoms with Crippen LogP contribution in [0, 0.1) is 6.92 Å². The topological polar surface area (TPSA) is 92.3 Å². The van der Waals surface area contributed by atoms with Crippen molar-refractivity contribution >= 4 is 15.9 Å². The van der Waals surface area contributed by atoms with Gasteiger partial charge in [0.2, 0.25) is 15.9 Å². The fourth-order valence-electron chi connectivity index (χ4n) is 1.91. The summed E-state index contributed by atoms with van der Waals surface area (Å²) >= 11 is 0. The predicted octanol–water partition coefficient (Wildman–Crippen LogP) is 0.722. The van der Waals surface area contributed by atoms with Crippen LogP contribution in [0.5, 0.6) is 0 Å². The maximum absolute atomic E-state index is 12.3. The first-order valence-electron chi connectivity index (χ1n) is 6.95. The Bertz CT molecular complexity index is 778. The van der Waals surface area contributed by atoms with Crippen molar-refractivity contribution in [2.24, 2.45) is 0 Å². The number of nitrogens with one attached hydrogen (secondary N) is 1. The van der Waals surface area contributed by atoms with Gasteiger partial charge in [-0.25, -0.2) is 8.42 Å². The Kier molecular flexibility index (Phi) is 5.41. The summed E-state index contributed by atoms with van der Waals surface area (Å²) in [6.07, 6.45) is 2.74. The van der Waals surface area contributed by atoms with Gasteiger partial charge in [0.1, 0.15) is 4.90 Å². The fourth-order valence-corrected chi connectivity index (χ4v) is 3.00. The summed E-state index contributed by atoms with van der Waals surface area (Å²) in [7, 11) is -2.38. The summed E-state index contributed by atoms with van der Waals surface area (Å²) in [5, 5.41) is 2.66. The van der Waals surface area contributed by atoms with Crippen LogP contribution in [0.25, 0.3) is 0 Å². The van der Waals surface area contributed by atoms with Gasteiger partial charge in [0.15, 0.2) is 0 Å². The molecule has 0 fully saturated rings. The monoisotopic (exact) mass is 334 g/mol. The van der Waals surface area contributed by atoms with Crippen molar-refractivity contribution in [3.05, 3.63) is 54.1 Å². The van der Waals surface area contributed by atoms with Crippen LogP contribution in [0.4, 0.5) is 0 Å². The highest BCUT2D eigenvalue weighted by molar-refractivity contribution is 7.89. The Hall–Kier alpha value is -2.32. The Morgan fingerprint density at radius 2 is 2.04 bits per heavy atom. The van der Waals surface area contributed by atoms with Crippen molar-refractivity contribution < 1.29 is 13.2 Å². The molecule has 1 amide bonds. The molecule has 2 aromatic rings. The molecule has 7 nitrogen and oxygen atoms in total. The number of aromatic nitrogens is 2. The first-order valence-corrected chi connectivity index (χ1v) is 8.39. The number of amides is 1. The number of rotatable bonds is 6. The molecule has 0 spiro atoms. The van der Waals surface area contributed by atoms with Crippen LogP contribution in [-0.2, 0) is 21.4 Å². The van der Waals surface area contributed by atoms with Gasteiger partial charge >= 0.3 is 0 Å². The summed E-state index contributed by atoms with van der Waals surface area (Å²) in [4.78, 5) is 20.0. The smallest absolute Gasteiger partial charge is 0.244 e. The lowest BCUT2D eigenvalue weighted by molar-refractivity contribution is -0.121. The molecule has 0 aliphatic heterocycles. The molecule has 23 heavy (non-hydrogen) atoms. The van der Waals surface area contributed by atoms with E-state index in [1.165, 1.54) is 31.6 Å². The zero-order valence-corrected chi connectivity index (χ0v) is 13.7. The zero-order valence-electron chi connectivity index (χ0n) is 12.9. The van der Waals surface area contributed by atoms with E-state index >= 15 is 0 Å². The quantitative estimate of drug-likeness (QED) is 0.840. The Morgan fingerprint density at radius 1 is 1.26 bits per heavy atom. The van der Waals surface area contributed by atoms with E-state index < -0.39 is 15.9 Å². The number of carbonyl (C=O) groups excluding carboxylic acids is 1. The molecule has 0 bridgehead atoms. The highest BCUT2D eigenvalue weighted by Gasteiger charge is 2.22. The zero-order chi connectivity index (χ0) is 16.9. The van der Waals surface area contributed by atoms with Crippen LogP contribution >= 0.6 is 0 Å². The van der Waals surface area contributed by atoms with Gasteiger partial charge in [0.05, 0.1) is 18.8 Å². The van der Waals surface area contributed by atoms with Crippen molar-refractivity contribution in [2.45, 2.75) is 18.4 Å². The lowest BCUT2D eigenvalue weighted by Crippen LogP contribution is -2.38. The van der Waals surface area contributed by atoms with Gasteiger partial charge in [-0.15, -0.1) is 0 Å². The molecule has 2 heterocycles. The van der Waals surface area contributed by atoms with Crippen LogP contribution in [-0.4, -0.2) is 42.2 Å². The lowest BCUT2D eigenvalue weighted by atomic mass is 10.3. The van der Waals surface area contributed by atoms with Crippen LogP contribution < -0.4 is 5.32 Å². The number of sulfonamides is 1. The number of nitrogens with zero attached hydrogens (tertiary/aromatic N) is 3. The average Bonchev–Trinajstić information content (AvgIpc) is 2.54. The first-order chi connectivity index (χ1) is 10.9. The van der Waals surface area contributed by atoms with E-state index in [0.29, 0.717) is 0 Å². The Balaban J connectivity index is 1.94. The van der Waals surface area contributed by atoms with E-state index in [0.717, 1.165) is 15.7 Å². The summed E-state index contributed by atoms with van der Waals surface area (Å²) in [6, 6.07) is 8.48. The molecule has 2 aromatic heterocycles. The second kappa shape index (κ2) is 7.30. The molecular formula is C15H18N4O3S. The van der Waals surface area contributed by atoms with Gasteiger partial charge in [-0.2, -0.15) is 4.31 Å². The van der Waals surface area contributed by atoms with E-state index in [2.05, 4.69) is 15.3 Å². The van der Waals surface area contributed by atoms with Gasteiger partial charge in [0.25, 0.3) is 0 Å². The second-order valence-corrected chi connectivity index (χ2v) is 7.04. The SMILES string of the molecule is Cc1cccc(CNC(=O)CN(C)S(=O)(=O)c2cccnc2)n1. The standard InChI is InChI=1S/C15H18N4O3S/c1-12-5-3-6-13(18-12)9-17-15(20)11-19(2)23(21,22)14-7-4-8-16-10-14/h3-8,10H,9,11H2,1-2H3,(H,17,20). The van der Waals surface area contributed by atoms with Crippen LogP contribution in [0.15, 0.2) is 47.6 Å². The lowest BCUT2D eigenvalue weighted by Gasteiger charge is -2.16. The van der Waals surface area contributed by atoms with Gasteiger partial charge in [0, 0.05) is 25.1 Å². The molecule has 122 valence electrons. The molecule has 0 saturated carbocycles. The number of aryl methyl sites for hydroxylation is 1. The molecule has 0 unspecified atom stereocenters. The van der Waals surface area contributed by atoms with E-state index in [-0.39, 0.29) is 18.0 Å². The molecule has 0 atom stereocenters. The molecule has 0 aliphatic carbocycles. The largest absolute Gasteiger partial charge is 0.349 e. The van der Waals surface area contributed by atoms with Gasteiger partial charge in [-0.1, -0.05) is 6.07 Å². The van der Waals surface area contributed by atoms with Crippen LogP contribution in [0.3, 0.4) is 0 Å². The van der Waals surface area contributed by atoms with Gasteiger partial charge in [-0.3, -0.25) is 14.8 Å². The molecule has 0 aromatic carbocycles.